The van der Waals surface area contributed by atoms with Crippen LogP contribution in [0.2, 0.25) is 0 Å². The third-order valence-electron chi connectivity index (χ3n) is 4.44. The van der Waals surface area contributed by atoms with E-state index in [4.69, 9.17) is 0 Å². The van der Waals surface area contributed by atoms with Gasteiger partial charge in [-0.3, -0.25) is 0 Å². The Balaban J connectivity index is 1.95. The molecule has 1 aromatic rings. The van der Waals surface area contributed by atoms with Gasteiger partial charge >= 0.3 is 6.18 Å². The van der Waals surface area contributed by atoms with Crippen molar-refractivity contribution < 1.29 is 13.2 Å². The summed E-state index contributed by atoms with van der Waals surface area (Å²) in [7, 11) is 0. The molecule has 0 amide bonds. The molecule has 1 heterocycles. The first-order valence-corrected chi connectivity index (χ1v) is 6.53. The summed E-state index contributed by atoms with van der Waals surface area (Å²) in [5, 5.41) is 8.94. The fourth-order valence-electron chi connectivity index (χ4n) is 2.44. The molecule has 1 fully saturated rings. The predicted octanol–water partition coefficient (Wildman–Crippen LogP) is 3.65. The van der Waals surface area contributed by atoms with E-state index in [0.717, 1.165) is 0 Å². The molecule has 0 bridgehead atoms. The van der Waals surface area contributed by atoms with Crippen molar-refractivity contribution in [2.45, 2.75) is 33.9 Å². The van der Waals surface area contributed by atoms with Crippen LogP contribution in [0.4, 0.5) is 18.3 Å². The van der Waals surface area contributed by atoms with Gasteiger partial charge in [0.25, 0.3) is 0 Å². The van der Waals surface area contributed by atoms with Crippen molar-refractivity contribution in [1.29, 1.82) is 0 Å². The molecule has 0 saturated heterocycles. The Morgan fingerprint density at radius 3 is 2.11 bits per heavy atom. The van der Waals surface area contributed by atoms with E-state index in [1.807, 2.05) is 0 Å². The average molecular weight is 279 g/mol. The van der Waals surface area contributed by atoms with Crippen LogP contribution in [0, 0.1) is 16.7 Å². The zero-order valence-corrected chi connectivity index (χ0v) is 11.5. The van der Waals surface area contributed by atoms with Crippen LogP contribution in [0.5, 0.6) is 0 Å². The first kappa shape index (κ1) is 13.6. The van der Waals surface area contributed by atoms with E-state index in [1.54, 1.807) is 0 Å². The highest BCUT2D eigenvalue weighted by atomic mass is 32.1. The maximum Gasteiger partial charge on any atom is 0.445 e. The van der Waals surface area contributed by atoms with Gasteiger partial charge in [-0.15, -0.1) is 10.2 Å². The molecular weight excluding hydrogens is 263 g/mol. The number of alkyl halides is 3. The molecule has 3 nitrogen and oxygen atoms in total. The summed E-state index contributed by atoms with van der Waals surface area (Å²) >= 11 is 0.552. The minimum Gasteiger partial charge on any atom is -0.360 e. The maximum absolute atomic E-state index is 12.3. The SMILES string of the molecule is CC1(C)C(CNc2nnc(C(F)(F)F)s2)C1(C)C. The van der Waals surface area contributed by atoms with Gasteiger partial charge in [0.05, 0.1) is 0 Å². The zero-order chi connectivity index (χ0) is 13.8. The molecule has 0 aliphatic heterocycles. The number of anilines is 1. The van der Waals surface area contributed by atoms with Gasteiger partial charge in [-0.25, -0.2) is 0 Å². The fraction of sp³-hybridized carbons (Fsp3) is 0.818. The van der Waals surface area contributed by atoms with Gasteiger partial charge in [0.15, 0.2) is 0 Å². The van der Waals surface area contributed by atoms with Crippen LogP contribution in [-0.2, 0) is 6.18 Å². The maximum atomic E-state index is 12.3. The molecule has 0 spiro atoms. The molecule has 1 aliphatic carbocycles. The van der Waals surface area contributed by atoms with Crippen LogP contribution in [0.3, 0.4) is 0 Å². The van der Waals surface area contributed by atoms with Gasteiger partial charge in [0.2, 0.25) is 10.1 Å². The molecule has 7 heteroatoms. The summed E-state index contributed by atoms with van der Waals surface area (Å²) in [6, 6.07) is 0. The minimum atomic E-state index is -4.41. The lowest BCUT2D eigenvalue weighted by molar-refractivity contribution is -0.138. The van der Waals surface area contributed by atoms with Crippen molar-refractivity contribution in [3.8, 4) is 0 Å². The van der Waals surface area contributed by atoms with Crippen LogP contribution in [0.15, 0.2) is 0 Å². The van der Waals surface area contributed by atoms with Crippen molar-refractivity contribution in [3.05, 3.63) is 5.01 Å². The van der Waals surface area contributed by atoms with Gasteiger partial charge in [-0.1, -0.05) is 39.0 Å². The Bertz CT molecular complexity index is 437. The summed E-state index contributed by atoms with van der Waals surface area (Å²) in [6.45, 7) is 9.30. The first-order chi connectivity index (χ1) is 8.07. The van der Waals surface area contributed by atoms with Crippen LogP contribution in [0.25, 0.3) is 0 Å². The number of nitrogens with zero attached hydrogens (tertiary/aromatic N) is 2. The molecule has 1 N–H and O–H groups in total. The molecule has 18 heavy (non-hydrogen) atoms. The van der Waals surface area contributed by atoms with Crippen molar-refractivity contribution >= 4 is 16.5 Å². The molecular formula is C11H16F3N3S. The highest BCUT2D eigenvalue weighted by molar-refractivity contribution is 7.15. The van der Waals surface area contributed by atoms with E-state index in [1.165, 1.54) is 0 Å². The molecule has 1 saturated carbocycles. The minimum absolute atomic E-state index is 0.206. The van der Waals surface area contributed by atoms with Gasteiger partial charge in [-0.2, -0.15) is 13.2 Å². The fourth-order valence-corrected chi connectivity index (χ4v) is 3.06. The lowest BCUT2D eigenvalue weighted by atomic mass is 10.0. The standard InChI is InChI=1S/C11H16F3N3S/c1-9(2)6(10(9,3)4)5-15-8-17-16-7(18-8)11(12,13)14/h6H,5H2,1-4H3,(H,15,17). The summed E-state index contributed by atoms with van der Waals surface area (Å²) < 4.78 is 37.0. The number of rotatable bonds is 3. The van der Waals surface area contributed by atoms with Crippen molar-refractivity contribution in [2.24, 2.45) is 16.7 Å². The van der Waals surface area contributed by atoms with Crippen LogP contribution in [-0.4, -0.2) is 16.7 Å². The largest absolute Gasteiger partial charge is 0.445 e. The lowest BCUT2D eigenvalue weighted by Gasteiger charge is -2.04. The van der Waals surface area contributed by atoms with Gasteiger partial charge in [0.1, 0.15) is 0 Å². The molecule has 2 rings (SSSR count). The molecule has 1 aromatic heterocycles. The Morgan fingerprint density at radius 1 is 1.17 bits per heavy atom. The molecule has 0 radical (unpaired) electrons. The van der Waals surface area contributed by atoms with Crippen LogP contribution < -0.4 is 5.32 Å². The second-order valence-corrected chi connectivity index (χ2v) is 6.76. The zero-order valence-electron chi connectivity index (χ0n) is 10.7. The van der Waals surface area contributed by atoms with E-state index >= 15 is 0 Å². The van der Waals surface area contributed by atoms with E-state index < -0.39 is 11.2 Å². The summed E-state index contributed by atoms with van der Waals surface area (Å²) in [5.41, 5.74) is 0.412. The van der Waals surface area contributed by atoms with Crippen molar-refractivity contribution in [3.63, 3.8) is 0 Å². The third kappa shape index (κ3) is 2.08. The molecule has 1 aliphatic rings. The number of nitrogens with one attached hydrogen (secondary N) is 1. The molecule has 102 valence electrons. The third-order valence-corrected chi connectivity index (χ3v) is 5.37. The number of halogens is 3. The Hall–Kier alpha value is -0.850. The highest BCUT2D eigenvalue weighted by Crippen LogP contribution is 2.68. The van der Waals surface area contributed by atoms with Gasteiger partial charge < -0.3 is 5.32 Å². The van der Waals surface area contributed by atoms with Crippen LogP contribution in [0.1, 0.15) is 32.7 Å². The Morgan fingerprint density at radius 2 is 1.72 bits per heavy atom. The normalized spacial score (nSPS) is 21.9. The smallest absolute Gasteiger partial charge is 0.360 e. The van der Waals surface area contributed by atoms with Gasteiger partial charge in [-0.05, 0) is 16.7 Å². The second kappa shape index (κ2) is 3.82. The van der Waals surface area contributed by atoms with Gasteiger partial charge in [0, 0.05) is 6.54 Å². The topological polar surface area (TPSA) is 37.8 Å². The van der Waals surface area contributed by atoms with E-state index in [-0.39, 0.29) is 16.0 Å². The molecule has 0 unspecified atom stereocenters. The van der Waals surface area contributed by atoms with Crippen molar-refractivity contribution in [1.82, 2.24) is 10.2 Å². The van der Waals surface area contributed by atoms with E-state index in [2.05, 4.69) is 43.2 Å². The van der Waals surface area contributed by atoms with E-state index in [0.29, 0.717) is 23.8 Å². The van der Waals surface area contributed by atoms with Crippen molar-refractivity contribution in [2.75, 3.05) is 11.9 Å². The quantitative estimate of drug-likeness (QED) is 0.917. The first-order valence-electron chi connectivity index (χ1n) is 5.71. The Labute approximate surface area is 108 Å². The highest BCUT2D eigenvalue weighted by Gasteiger charge is 2.64. The number of aromatic nitrogens is 2. The number of hydrogen-bond acceptors (Lipinski definition) is 4. The monoisotopic (exact) mass is 279 g/mol. The number of hydrogen-bond donors (Lipinski definition) is 1. The summed E-state index contributed by atoms with van der Waals surface area (Å²) in [6.07, 6.45) is -4.41. The van der Waals surface area contributed by atoms with E-state index in [9.17, 15) is 13.2 Å². The summed E-state index contributed by atoms with van der Waals surface area (Å²) in [4.78, 5) is 0. The van der Waals surface area contributed by atoms with Crippen LogP contribution >= 0.6 is 11.3 Å². The molecule has 0 aromatic carbocycles. The average Bonchev–Trinajstić information content (AvgIpc) is 2.58. The second-order valence-electron chi connectivity index (χ2n) is 5.79. The lowest BCUT2D eigenvalue weighted by Crippen LogP contribution is -2.07. The predicted molar refractivity (Wildman–Crippen MR) is 64.5 cm³/mol. The molecule has 0 atom stereocenters. The summed E-state index contributed by atoms with van der Waals surface area (Å²) in [5.74, 6) is 0.434. The Kier molecular flexibility index (Phi) is 2.88.